The largest absolute Gasteiger partial charge is 0.411 e. The van der Waals surface area contributed by atoms with Crippen LogP contribution in [-0.4, -0.2) is 48.2 Å². The highest BCUT2D eigenvalue weighted by Gasteiger charge is 2.25. The molecule has 1 N–H and O–H groups in total. The average Bonchev–Trinajstić information content (AvgIpc) is 2.49. The van der Waals surface area contributed by atoms with Gasteiger partial charge in [0.2, 0.25) is 0 Å². The number of rotatable bonds is 1. The van der Waals surface area contributed by atoms with Crippen LogP contribution in [0.4, 0.5) is 0 Å². The quantitative estimate of drug-likeness (QED) is 0.592. The first-order valence-corrected chi connectivity index (χ1v) is 8.44. The summed E-state index contributed by atoms with van der Waals surface area (Å²) in [4.78, 5) is 2.46. The first kappa shape index (κ1) is 15.8. The molecule has 20 heavy (non-hydrogen) atoms. The summed E-state index contributed by atoms with van der Waals surface area (Å²) in [5.74, 6) is 0. The Morgan fingerprint density at radius 1 is 0.900 bits per heavy atom. The van der Waals surface area contributed by atoms with E-state index in [0.29, 0.717) is 6.04 Å². The Morgan fingerprint density at radius 3 is 2.15 bits per heavy atom. The van der Waals surface area contributed by atoms with Crippen molar-refractivity contribution in [2.24, 2.45) is 5.16 Å². The monoisotopic (exact) mass is 282 g/mol. The molecule has 0 bridgehead atoms. The molecule has 0 radical (unpaired) electrons. The lowest BCUT2D eigenvalue weighted by Crippen LogP contribution is -2.47. The van der Waals surface area contributed by atoms with Crippen LogP contribution in [0.2, 0.25) is 0 Å². The van der Waals surface area contributed by atoms with Crippen molar-refractivity contribution in [3.63, 3.8) is 0 Å². The van der Waals surface area contributed by atoms with Crippen molar-refractivity contribution in [1.29, 1.82) is 0 Å². The highest BCUT2D eigenvalue weighted by molar-refractivity contribution is 5.89. The zero-order valence-electron chi connectivity index (χ0n) is 12.7. The second kappa shape index (κ2) is 9.35. The van der Waals surface area contributed by atoms with E-state index in [9.17, 15) is 5.21 Å². The van der Waals surface area contributed by atoms with Gasteiger partial charge in [0, 0.05) is 13.1 Å². The van der Waals surface area contributed by atoms with Gasteiger partial charge in [-0.1, -0.05) is 50.1 Å². The van der Waals surface area contributed by atoms with E-state index in [1.165, 1.54) is 51.4 Å². The zero-order chi connectivity index (χ0) is 14.0. The molecule has 0 aromatic heterocycles. The first-order valence-electron chi connectivity index (χ1n) is 8.44. The van der Waals surface area contributed by atoms with Gasteiger partial charge in [0.25, 0.3) is 0 Å². The van der Waals surface area contributed by atoms with E-state index in [2.05, 4.69) is 10.1 Å². The van der Waals surface area contributed by atoms with Crippen molar-refractivity contribution in [2.45, 2.75) is 70.3 Å². The van der Waals surface area contributed by atoms with Crippen LogP contribution >= 0.6 is 0 Å². The third-order valence-corrected chi connectivity index (χ3v) is 4.66. The van der Waals surface area contributed by atoms with Crippen LogP contribution in [0.1, 0.15) is 64.2 Å². The number of nitrogens with zero attached hydrogens (tertiary/aromatic N) is 2. The van der Waals surface area contributed by atoms with Crippen molar-refractivity contribution in [2.75, 3.05) is 26.3 Å². The van der Waals surface area contributed by atoms with E-state index in [1.807, 2.05) is 0 Å². The second-order valence-corrected chi connectivity index (χ2v) is 6.12. The third kappa shape index (κ3) is 5.06. The Bertz CT molecular complexity index is 288. The fourth-order valence-electron chi connectivity index (χ4n) is 3.44. The van der Waals surface area contributed by atoms with Gasteiger partial charge in [-0.05, 0) is 19.3 Å². The molecule has 0 amide bonds. The fraction of sp³-hybridized carbons (Fsp3) is 0.938. The summed E-state index contributed by atoms with van der Waals surface area (Å²) in [6, 6.07) is 0.336. The molecule has 1 unspecified atom stereocenters. The molecule has 0 aromatic rings. The van der Waals surface area contributed by atoms with Crippen LogP contribution in [-0.2, 0) is 4.74 Å². The van der Waals surface area contributed by atoms with E-state index in [0.717, 1.165) is 44.9 Å². The maximum atomic E-state index is 9.43. The number of hydrogen-bond donors (Lipinski definition) is 1. The normalized spacial score (nSPS) is 30.6. The van der Waals surface area contributed by atoms with E-state index in [4.69, 9.17) is 4.74 Å². The van der Waals surface area contributed by atoms with Crippen molar-refractivity contribution in [3.8, 4) is 0 Å². The molecule has 0 aromatic carbocycles. The molecule has 0 spiro atoms. The van der Waals surface area contributed by atoms with Crippen LogP contribution in [0.25, 0.3) is 0 Å². The van der Waals surface area contributed by atoms with Gasteiger partial charge >= 0.3 is 0 Å². The molecule has 4 heteroatoms. The van der Waals surface area contributed by atoms with Gasteiger partial charge in [0.1, 0.15) is 0 Å². The molecule has 2 aliphatic rings. The summed E-state index contributed by atoms with van der Waals surface area (Å²) >= 11 is 0. The van der Waals surface area contributed by atoms with Gasteiger partial charge < -0.3 is 9.94 Å². The van der Waals surface area contributed by atoms with Crippen molar-refractivity contribution < 1.29 is 9.94 Å². The van der Waals surface area contributed by atoms with Gasteiger partial charge in [-0.3, -0.25) is 4.90 Å². The Balaban J connectivity index is 1.96. The summed E-state index contributed by atoms with van der Waals surface area (Å²) in [5, 5.41) is 13.1. The SMILES string of the molecule is O/N=C1/CCCCCCCCCCC1N1CCOCC1. The van der Waals surface area contributed by atoms with Gasteiger partial charge in [0.05, 0.1) is 25.0 Å². The lowest BCUT2D eigenvalue weighted by molar-refractivity contribution is 0.0263. The molecule has 2 rings (SSSR count). The maximum absolute atomic E-state index is 9.43. The van der Waals surface area contributed by atoms with E-state index in [-0.39, 0.29) is 0 Å². The Kier molecular flexibility index (Phi) is 7.37. The lowest BCUT2D eigenvalue weighted by atomic mass is 9.95. The summed E-state index contributed by atoms with van der Waals surface area (Å²) in [6.45, 7) is 3.58. The molecular formula is C16H30N2O2. The minimum absolute atomic E-state index is 0.336. The van der Waals surface area contributed by atoms with Crippen LogP contribution in [0.5, 0.6) is 0 Å². The number of hydrogen-bond acceptors (Lipinski definition) is 4. The molecule has 1 aliphatic heterocycles. The van der Waals surface area contributed by atoms with Crippen LogP contribution in [0.3, 0.4) is 0 Å². The molecule has 4 nitrogen and oxygen atoms in total. The highest BCUT2D eigenvalue weighted by Crippen LogP contribution is 2.20. The third-order valence-electron chi connectivity index (χ3n) is 4.66. The average molecular weight is 282 g/mol. The fourth-order valence-corrected chi connectivity index (χ4v) is 3.44. The zero-order valence-corrected chi connectivity index (χ0v) is 12.7. The second-order valence-electron chi connectivity index (χ2n) is 6.12. The minimum Gasteiger partial charge on any atom is -0.411 e. The summed E-state index contributed by atoms with van der Waals surface area (Å²) in [6.07, 6.45) is 12.6. The van der Waals surface area contributed by atoms with Gasteiger partial charge in [-0.2, -0.15) is 0 Å². The predicted molar refractivity (Wildman–Crippen MR) is 81.6 cm³/mol. The minimum atomic E-state index is 0.336. The Morgan fingerprint density at radius 2 is 1.50 bits per heavy atom. The summed E-state index contributed by atoms with van der Waals surface area (Å²) < 4.78 is 5.45. The molecule has 1 aliphatic carbocycles. The maximum Gasteiger partial charge on any atom is 0.0742 e. The standard InChI is InChI=1S/C16H30N2O2/c19-17-15-9-7-5-3-1-2-4-6-8-10-16(15)18-11-13-20-14-12-18/h16,19H,1-14H2/b17-15-. The van der Waals surface area contributed by atoms with E-state index < -0.39 is 0 Å². The Labute approximate surface area is 123 Å². The van der Waals surface area contributed by atoms with Crippen molar-refractivity contribution >= 4 is 5.71 Å². The number of ether oxygens (including phenoxy) is 1. The van der Waals surface area contributed by atoms with Crippen LogP contribution in [0, 0.1) is 0 Å². The lowest BCUT2D eigenvalue weighted by Gasteiger charge is -2.35. The molecule has 1 saturated carbocycles. The smallest absolute Gasteiger partial charge is 0.0742 e. The predicted octanol–water partition coefficient (Wildman–Crippen LogP) is 3.43. The molecule has 2 fully saturated rings. The molecular weight excluding hydrogens is 252 g/mol. The molecule has 1 atom stereocenters. The van der Waals surface area contributed by atoms with Gasteiger partial charge in [-0.25, -0.2) is 0 Å². The topological polar surface area (TPSA) is 45.1 Å². The molecule has 116 valence electrons. The molecule has 1 heterocycles. The van der Waals surface area contributed by atoms with Crippen LogP contribution < -0.4 is 0 Å². The van der Waals surface area contributed by atoms with Crippen molar-refractivity contribution in [3.05, 3.63) is 0 Å². The Hall–Kier alpha value is -0.610. The number of morpholine rings is 1. The van der Waals surface area contributed by atoms with E-state index >= 15 is 0 Å². The highest BCUT2D eigenvalue weighted by atomic mass is 16.5. The molecule has 1 saturated heterocycles. The summed E-state index contributed by atoms with van der Waals surface area (Å²) in [7, 11) is 0. The summed E-state index contributed by atoms with van der Waals surface area (Å²) in [5.41, 5.74) is 1.01. The first-order chi connectivity index (χ1) is 9.92. The van der Waals surface area contributed by atoms with Crippen LogP contribution in [0.15, 0.2) is 5.16 Å². The number of oxime groups is 1. The van der Waals surface area contributed by atoms with E-state index in [1.54, 1.807) is 0 Å². The van der Waals surface area contributed by atoms with Crippen molar-refractivity contribution in [1.82, 2.24) is 4.90 Å². The van der Waals surface area contributed by atoms with Gasteiger partial charge in [0.15, 0.2) is 0 Å². The van der Waals surface area contributed by atoms with Gasteiger partial charge in [-0.15, -0.1) is 0 Å².